The first kappa shape index (κ1) is 12.2. The molecule has 1 N–H and O–H groups in total. The van der Waals surface area contributed by atoms with Crippen molar-refractivity contribution in [2.75, 3.05) is 20.3 Å². The van der Waals surface area contributed by atoms with Gasteiger partial charge in [0.25, 0.3) is 0 Å². The summed E-state index contributed by atoms with van der Waals surface area (Å²) < 4.78 is 7.39. The summed E-state index contributed by atoms with van der Waals surface area (Å²) in [5.41, 5.74) is 1.21. The number of hydrogen-bond acceptors (Lipinski definition) is 3. The van der Waals surface area contributed by atoms with E-state index in [4.69, 9.17) is 4.74 Å². The fraction of sp³-hybridized carbons (Fsp3) is 0.727. The number of rotatable bonds is 7. The summed E-state index contributed by atoms with van der Waals surface area (Å²) in [6.07, 6.45) is 3.89. The van der Waals surface area contributed by atoms with Crippen LogP contribution in [0, 0.1) is 0 Å². The van der Waals surface area contributed by atoms with Gasteiger partial charge in [-0.05, 0) is 26.0 Å². The van der Waals surface area contributed by atoms with Crippen molar-refractivity contribution >= 4 is 0 Å². The highest BCUT2D eigenvalue weighted by atomic mass is 16.5. The molecule has 0 aliphatic heterocycles. The summed E-state index contributed by atoms with van der Waals surface area (Å²) in [5, 5.41) is 7.45. The van der Waals surface area contributed by atoms with Crippen LogP contribution in [0.2, 0.25) is 0 Å². The molecule has 0 amide bonds. The lowest BCUT2D eigenvalue weighted by Crippen LogP contribution is -2.21. The molecule has 86 valence electrons. The lowest BCUT2D eigenvalue weighted by molar-refractivity contribution is 0.124. The van der Waals surface area contributed by atoms with Gasteiger partial charge in [0.1, 0.15) is 0 Å². The molecule has 1 heterocycles. The number of aryl methyl sites for hydroxylation is 1. The lowest BCUT2D eigenvalue weighted by Gasteiger charge is -2.16. The number of nitrogens with zero attached hydrogens (tertiary/aromatic N) is 2. The molecule has 1 aromatic rings. The molecule has 0 bridgehead atoms. The minimum absolute atomic E-state index is 0.328. The Morgan fingerprint density at radius 1 is 1.53 bits per heavy atom. The van der Waals surface area contributed by atoms with Crippen molar-refractivity contribution in [2.24, 2.45) is 7.05 Å². The van der Waals surface area contributed by atoms with E-state index in [1.807, 2.05) is 31.0 Å². The summed E-state index contributed by atoms with van der Waals surface area (Å²) in [5.74, 6) is 0. The van der Waals surface area contributed by atoms with Crippen LogP contribution in [0.4, 0.5) is 0 Å². The number of ether oxygens (including phenoxy) is 1. The summed E-state index contributed by atoms with van der Waals surface area (Å²) in [4.78, 5) is 0. The topological polar surface area (TPSA) is 39.1 Å². The molecule has 1 aromatic heterocycles. The summed E-state index contributed by atoms with van der Waals surface area (Å²) in [6, 6.07) is 2.37. The average Bonchev–Trinajstić information content (AvgIpc) is 2.65. The largest absolute Gasteiger partial charge is 0.381 e. The molecule has 15 heavy (non-hydrogen) atoms. The molecular formula is C11H21N3O. The Labute approximate surface area is 91.6 Å². The minimum Gasteiger partial charge on any atom is -0.381 e. The Hall–Kier alpha value is -0.870. The Bertz CT molecular complexity index is 273. The summed E-state index contributed by atoms with van der Waals surface area (Å²) >= 11 is 0. The Kier molecular flexibility index (Phi) is 5.36. The molecule has 1 atom stereocenters. The van der Waals surface area contributed by atoms with Gasteiger partial charge in [0.15, 0.2) is 0 Å². The number of hydrogen-bond donors (Lipinski definition) is 1. The Morgan fingerprint density at radius 2 is 2.33 bits per heavy atom. The van der Waals surface area contributed by atoms with Crippen LogP contribution in [0.3, 0.4) is 0 Å². The third-order valence-electron chi connectivity index (χ3n) is 2.46. The van der Waals surface area contributed by atoms with E-state index in [9.17, 15) is 0 Å². The van der Waals surface area contributed by atoms with Crippen molar-refractivity contribution in [3.63, 3.8) is 0 Å². The fourth-order valence-corrected chi connectivity index (χ4v) is 1.61. The second kappa shape index (κ2) is 6.58. The normalized spacial score (nSPS) is 13.0. The van der Waals surface area contributed by atoms with Gasteiger partial charge in [-0.1, -0.05) is 6.92 Å². The molecule has 4 nitrogen and oxygen atoms in total. The van der Waals surface area contributed by atoms with Gasteiger partial charge in [0.2, 0.25) is 0 Å². The van der Waals surface area contributed by atoms with E-state index in [-0.39, 0.29) is 0 Å². The van der Waals surface area contributed by atoms with Crippen molar-refractivity contribution in [3.8, 4) is 0 Å². The second-order valence-corrected chi connectivity index (χ2v) is 3.62. The predicted octanol–water partition coefficient (Wildman–Crippen LogP) is 1.50. The maximum absolute atomic E-state index is 5.48. The van der Waals surface area contributed by atoms with E-state index in [0.29, 0.717) is 6.04 Å². The quantitative estimate of drug-likeness (QED) is 0.695. The molecule has 0 radical (unpaired) electrons. The predicted molar refractivity (Wildman–Crippen MR) is 60.7 cm³/mol. The maximum atomic E-state index is 5.48. The molecule has 0 fully saturated rings. The van der Waals surface area contributed by atoms with Gasteiger partial charge in [0, 0.05) is 26.5 Å². The van der Waals surface area contributed by atoms with Gasteiger partial charge in [0.05, 0.1) is 11.7 Å². The first-order valence-corrected chi connectivity index (χ1v) is 5.52. The molecule has 4 heteroatoms. The standard InChI is InChI=1S/C11H21N3O/c1-4-8-15-9-6-10(12-2)11-5-7-13-14(11)3/h5,7,10,12H,4,6,8-9H2,1-3H3. The molecule has 1 unspecified atom stereocenters. The third-order valence-corrected chi connectivity index (χ3v) is 2.46. The van der Waals surface area contributed by atoms with E-state index in [1.54, 1.807) is 0 Å². The first-order chi connectivity index (χ1) is 7.29. The van der Waals surface area contributed by atoms with Crippen LogP contribution in [-0.2, 0) is 11.8 Å². The van der Waals surface area contributed by atoms with E-state index in [2.05, 4.69) is 17.3 Å². The van der Waals surface area contributed by atoms with E-state index in [1.165, 1.54) is 5.69 Å². The SMILES string of the molecule is CCCOCCC(NC)c1ccnn1C. The van der Waals surface area contributed by atoms with Gasteiger partial charge in [-0.3, -0.25) is 4.68 Å². The summed E-state index contributed by atoms with van der Waals surface area (Å²) in [7, 11) is 3.93. The van der Waals surface area contributed by atoms with Crippen LogP contribution >= 0.6 is 0 Å². The molecule has 0 aromatic carbocycles. The molecule has 0 saturated heterocycles. The van der Waals surface area contributed by atoms with E-state index >= 15 is 0 Å². The second-order valence-electron chi connectivity index (χ2n) is 3.62. The van der Waals surface area contributed by atoms with E-state index in [0.717, 1.165) is 26.1 Å². The van der Waals surface area contributed by atoms with E-state index < -0.39 is 0 Å². The van der Waals surface area contributed by atoms with Crippen molar-refractivity contribution in [1.82, 2.24) is 15.1 Å². The van der Waals surface area contributed by atoms with Crippen molar-refractivity contribution in [3.05, 3.63) is 18.0 Å². The highest BCUT2D eigenvalue weighted by Gasteiger charge is 2.11. The Morgan fingerprint density at radius 3 is 2.87 bits per heavy atom. The van der Waals surface area contributed by atoms with Gasteiger partial charge >= 0.3 is 0 Å². The Balaban J connectivity index is 2.39. The van der Waals surface area contributed by atoms with Gasteiger partial charge < -0.3 is 10.1 Å². The van der Waals surface area contributed by atoms with Gasteiger partial charge in [-0.15, -0.1) is 0 Å². The number of aromatic nitrogens is 2. The minimum atomic E-state index is 0.328. The van der Waals surface area contributed by atoms with Gasteiger partial charge in [-0.25, -0.2) is 0 Å². The molecule has 0 aliphatic rings. The monoisotopic (exact) mass is 211 g/mol. The van der Waals surface area contributed by atoms with Crippen molar-refractivity contribution in [1.29, 1.82) is 0 Å². The zero-order valence-electron chi connectivity index (χ0n) is 9.86. The molecule has 0 spiro atoms. The van der Waals surface area contributed by atoms with Crippen LogP contribution in [0.15, 0.2) is 12.3 Å². The van der Waals surface area contributed by atoms with Crippen LogP contribution in [0.1, 0.15) is 31.5 Å². The van der Waals surface area contributed by atoms with Crippen LogP contribution < -0.4 is 5.32 Å². The summed E-state index contributed by atoms with van der Waals surface area (Å²) in [6.45, 7) is 3.77. The van der Waals surface area contributed by atoms with Crippen LogP contribution in [-0.4, -0.2) is 30.0 Å². The van der Waals surface area contributed by atoms with Crippen molar-refractivity contribution < 1.29 is 4.74 Å². The highest BCUT2D eigenvalue weighted by Crippen LogP contribution is 2.14. The van der Waals surface area contributed by atoms with Crippen molar-refractivity contribution in [2.45, 2.75) is 25.8 Å². The maximum Gasteiger partial charge on any atom is 0.0551 e. The number of nitrogens with one attached hydrogen (secondary N) is 1. The van der Waals surface area contributed by atoms with Crippen LogP contribution in [0.5, 0.6) is 0 Å². The highest BCUT2D eigenvalue weighted by molar-refractivity contribution is 5.06. The molecule has 1 rings (SSSR count). The van der Waals surface area contributed by atoms with Gasteiger partial charge in [-0.2, -0.15) is 5.10 Å². The average molecular weight is 211 g/mol. The fourth-order valence-electron chi connectivity index (χ4n) is 1.61. The first-order valence-electron chi connectivity index (χ1n) is 5.52. The van der Waals surface area contributed by atoms with Crippen LogP contribution in [0.25, 0.3) is 0 Å². The molecule has 0 aliphatic carbocycles. The zero-order valence-corrected chi connectivity index (χ0v) is 9.86. The third kappa shape index (κ3) is 3.64. The molecular weight excluding hydrogens is 190 g/mol. The smallest absolute Gasteiger partial charge is 0.0551 e. The zero-order chi connectivity index (χ0) is 11.1. The lowest BCUT2D eigenvalue weighted by atomic mass is 10.1. The molecule has 0 saturated carbocycles.